The van der Waals surface area contributed by atoms with Crippen LogP contribution in [0.4, 0.5) is 0 Å². The zero-order valence-corrected chi connectivity index (χ0v) is 26.1. The number of hydrogen-bond donors (Lipinski definition) is 2. The molecule has 2 N–H and O–H groups in total. The van der Waals surface area contributed by atoms with Gasteiger partial charge >= 0.3 is 0 Å². The molecule has 8 rings (SSSR count). The SMILES string of the molecule is C/C(=C\CCC#C/C=C/[C@@H](C)[C@@H](O)/C(C)=C/CCC12CC3CC(CC(C3)C1)C2)C(=O)NC12CC3CC(CC(C3)C1)C2. The van der Waals surface area contributed by atoms with Crippen molar-refractivity contribution in [3.05, 3.63) is 35.5 Å². The second-order valence-electron chi connectivity index (χ2n) is 16.0. The fourth-order valence-corrected chi connectivity index (χ4v) is 11.2. The molecular weight excluding hydrogens is 502 g/mol. The first-order valence-electron chi connectivity index (χ1n) is 17.2. The summed E-state index contributed by atoms with van der Waals surface area (Å²) in [4.78, 5) is 12.9. The summed E-state index contributed by atoms with van der Waals surface area (Å²) >= 11 is 0. The lowest BCUT2D eigenvalue weighted by Gasteiger charge is -2.57. The molecule has 8 fully saturated rings. The van der Waals surface area contributed by atoms with Gasteiger partial charge < -0.3 is 10.4 Å². The second-order valence-corrected chi connectivity index (χ2v) is 16.0. The Morgan fingerprint density at radius 1 is 0.854 bits per heavy atom. The Morgan fingerprint density at radius 2 is 1.39 bits per heavy atom. The van der Waals surface area contributed by atoms with Gasteiger partial charge in [-0.3, -0.25) is 4.79 Å². The third-order valence-electron chi connectivity index (χ3n) is 12.4. The van der Waals surface area contributed by atoms with E-state index < -0.39 is 6.10 Å². The normalized spacial score (nSPS) is 40.5. The van der Waals surface area contributed by atoms with Gasteiger partial charge in [0.25, 0.3) is 0 Å². The first kappa shape index (κ1) is 29.3. The third-order valence-corrected chi connectivity index (χ3v) is 12.4. The lowest BCUT2D eigenvalue weighted by molar-refractivity contribution is -0.123. The molecule has 0 unspecified atom stereocenters. The average Bonchev–Trinajstić information content (AvgIpc) is 2.89. The van der Waals surface area contributed by atoms with Gasteiger partial charge in [-0.15, -0.1) is 0 Å². The van der Waals surface area contributed by atoms with Crippen molar-refractivity contribution in [3.63, 3.8) is 0 Å². The summed E-state index contributed by atoms with van der Waals surface area (Å²) in [6.07, 6.45) is 28.5. The van der Waals surface area contributed by atoms with Crippen LogP contribution in [0.1, 0.15) is 124 Å². The number of unbranched alkanes of at least 4 members (excludes halogenated alkanes) is 1. The number of allylic oxidation sites excluding steroid dienone is 3. The number of aliphatic hydroxyl groups excluding tert-OH is 1. The maximum absolute atomic E-state index is 12.9. The van der Waals surface area contributed by atoms with Gasteiger partial charge in [0.15, 0.2) is 0 Å². The number of aliphatic hydroxyl groups is 1. The molecule has 41 heavy (non-hydrogen) atoms. The van der Waals surface area contributed by atoms with Crippen molar-refractivity contribution < 1.29 is 9.90 Å². The van der Waals surface area contributed by atoms with Crippen LogP contribution in [-0.4, -0.2) is 22.7 Å². The van der Waals surface area contributed by atoms with Crippen molar-refractivity contribution in [2.45, 2.75) is 135 Å². The predicted octanol–water partition coefficient (Wildman–Crippen LogP) is 8.30. The third kappa shape index (κ3) is 6.74. The molecule has 0 heterocycles. The van der Waals surface area contributed by atoms with E-state index in [0.717, 1.165) is 65.9 Å². The molecule has 0 aromatic heterocycles. The minimum absolute atomic E-state index is 0.0514. The van der Waals surface area contributed by atoms with Crippen LogP contribution in [0.5, 0.6) is 0 Å². The Kier molecular flexibility index (Phi) is 8.62. The van der Waals surface area contributed by atoms with E-state index in [4.69, 9.17) is 0 Å². The monoisotopic (exact) mass is 557 g/mol. The van der Waals surface area contributed by atoms with Gasteiger partial charge in [-0.25, -0.2) is 0 Å². The summed E-state index contributed by atoms with van der Waals surface area (Å²) < 4.78 is 0. The molecule has 8 aliphatic rings. The maximum Gasteiger partial charge on any atom is 0.247 e. The fourth-order valence-electron chi connectivity index (χ4n) is 11.2. The standard InChI is InChI=1S/C38H55NO2/c1-26(35(40)27(2)12-9-13-37-20-29-14-30(21-37)16-31(15-29)22-37)10-7-5-4-6-8-11-28(3)36(41)39-38-23-32-17-33(24-38)19-34(18-32)25-38/h7,10-12,26,29-35,40H,6,8-9,13-25H2,1-3H3,(H,39,41)/b10-7+,27-12+,28-11+/t26-,29?,30?,31?,32?,33?,34?,35-,37?,38?/m1/s1. The molecule has 8 saturated carbocycles. The zero-order valence-electron chi connectivity index (χ0n) is 26.1. The highest BCUT2D eigenvalue weighted by molar-refractivity contribution is 5.93. The van der Waals surface area contributed by atoms with Crippen LogP contribution < -0.4 is 5.32 Å². The highest BCUT2D eigenvalue weighted by Crippen LogP contribution is 2.61. The average molecular weight is 558 g/mol. The maximum atomic E-state index is 12.9. The minimum Gasteiger partial charge on any atom is -0.388 e. The van der Waals surface area contributed by atoms with E-state index in [2.05, 4.69) is 43.2 Å². The van der Waals surface area contributed by atoms with Crippen LogP contribution in [0.25, 0.3) is 0 Å². The van der Waals surface area contributed by atoms with Gasteiger partial charge in [-0.05, 0) is 163 Å². The lowest BCUT2D eigenvalue weighted by Crippen LogP contribution is -2.60. The van der Waals surface area contributed by atoms with E-state index in [0.29, 0.717) is 5.41 Å². The van der Waals surface area contributed by atoms with Crippen molar-refractivity contribution >= 4 is 5.91 Å². The van der Waals surface area contributed by atoms with Crippen LogP contribution >= 0.6 is 0 Å². The number of carbonyl (C=O) groups excluding carboxylic acids is 1. The van der Waals surface area contributed by atoms with E-state index in [1.54, 1.807) is 0 Å². The van der Waals surface area contributed by atoms with Crippen molar-refractivity contribution in [1.82, 2.24) is 5.32 Å². The molecule has 2 atom stereocenters. The van der Waals surface area contributed by atoms with Crippen molar-refractivity contribution in [1.29, 1.82) is 0 Å². The second kappa shape index (κ2) is 12.1. The fraction of sp³-hybridized carbons (Fsp3) is 0.763. The summed E-state index contributed by atoms with van der Waals surface area (Å²) in [6.45, 7) is 6.12. The molecule has 0 saturated heterocycles. The number of hydrogen-bond acceptors (Lipinski definition) is 2. The molecule has 0 aromatic rings. The van der Waals surface area contributed by atoms with E-state index in [1.165, 1.54) is 83.5 Å². The lowest BCUT2D eigenvalue weighted by atomic mass is 9.48. The minimum atomic E-state index is -0.442. The van der Waals surface area contributed by atoms with Crippen LogP contribution in [0.15, 0.2) is 35.5 Å². The first-order chi connectivity index (χ1) is 19.7. The van der Waals surface area contributed by atoms with Gasteiger partial charge in [0, 0.05) is 23.5 Å². The van der Waals surface area contributed by atoms with E-state index in [-0.39, 0.29) is 17.4 Å². The van der Waals surface area contributed by atoms with E-state index in [9.17, 15) is 9.90 Å². The van der Waals surface area contributed by atoms with Crippen LogP contribution in [-0.2, 0) is 4.79 Å². The highest BCUT2D eigenvalue weighted by Gasteiger charge is 2.52. The Balaban J connectivity index is 0.900. The molecular formula is C38H55NO2. The highest BCUT2D eigenvalue weighted by atomic mass is 16.3. The summed E-state index contributed by atoms with van der Waals surface area (Å²) in [6, 6.07) is 0. The quantitative estimate of drug-likeness (QED) is 0.123. The Labute approximate surface area is 250 Å². The molecule has 0 aromatic carbocycles. The Morgan fingerprint density at radius 3 is 1.95 bits per heavy atom. The predicted molar refractivity (Wildman–Crippen MR) is 168 cm³/mol. The van der Waals surface area contributed by atoms with E-state index in [1.807, 2.05) is 19.1 Å². The van der Waals surface area contributed by atoms with Crippen molar-refractivity contribution in [2.24, 2.45) is 46.8 Å². The first-order valence-corrected chi connectivity index (χ1v) is 17.2. The number of carbonyl (C=O) groups is 1. The van der Waals surface area contributed by atoms with Crippen LogP contribution in [0.3, 0.4) is 0 Å². The largest absolute Gasteiger partial charge is 0.388 e. The van der Waals surface area contributed by atoms with Gasteiger partial charge in [0.1, 0.15) is 0 Å². The summed E-state index contributed by atoms with van der Waals surface area (Å²) in [5.74, 6) is 12.1. The van der Waals surface area contributed by atoms with Crippen LogP contribution in [0, 0.1) is 58.7 Å². The zero-order chi connectivity index (χ0) is 28.6. The van der Waals surface area contributed by atoms with Gasteiger partial charge in [-0.2, -0.15) is 0 Å². The Hall–Kier alpha value is -1.79. The summed E-state index contributed by atoms with van der Waals surface area (Å²) in [5, 5.41) is 14.4. The number of rotatable bonds is 10. The molecule has 0 spiro atoms. The number of amides is 1. The Bertz CT molecular complexity index is 1060. The summed E-state index contributed by atoms with van der Waals surface area (Å²) in [5.41, 5.74) is 2.63. The van der Waals surface area contributed by atoms with E-state index >= 15 is 0 Å². The molecule has 0 aliphatic heterocycles. The molecule has 0 radical (unpaired) electrons. The van der Waals surface area contributed by atoms with Crippen LogP contribution in [0.2, 0.25) is 0 Å². The molecule has 8 aliphatic carbocycles. The number of nitrogens with one attached hydrogen (secondary N) is 1. The molecule has 1 amide bonds. The van der Waals surface area contributed by atoms with Gasteiger partial charge in [0.05, 0.1) is 6.10 Å². The molecule has 3 nitrogen and oxygen atoms in total. The van der Waals surface area contributed by atoms with Gasteiger partial charge in [0.2, 0.25) is 5.91 Å². The van der Waals surface area contributed by atoms with Gasteiger partial charge in [-0.1, -0.05) is 37.0 Å². The summed E-state index contributed by atoms with van der Waals surface area (Å²) in [7, 11) is 0. The van der Waals surface area contributed by atoms with Crippen molar-refractivity contribution in [3.8, 4) is 11.8 Å². The topological polar surface area (TPSA) is 49.3 Å². The smallest absolute Gasteiger partial charge is 0.247 e. The van der Waals surface area contributed by atoms with Crippen molar-refractivity contribution in [2.75, 3.05) is 0 Å². The molecule has 224 valence electrons. The molecule has 8 bridgehead atoms. The molecule has 3 heteroatoms.